The van der Waals surface area contributed by atoms with E-state index < -0.39 is 0 Å². The van der Waals surface area contributed by atoms with Crippen LogP contribution in [0.1, 0.15) is 18.7 Å². The molecule has 1 aliphatic rings. The van der Waals surface area contributed by atoms with Gasteiger partial charge in [-0.25, -0.2) is 9.50 Å². The van der Waals surface area contributed by atoms with Crippen molar-refractivity contribution in [2.75, 3.05) is 13.7 Å². The summed E-state index contributed by atoms with van der Waals surface area (Å²) in [6.45, 7) is 0.867. The van der Waals surface area contributed by atoms with Crippen molar-refractivity contribution in [1.82, 2.24) is 14.6 Å². The van der Waals surface area contributed by atoms with Crippen molar-refractivity contribution in [2.45, 2.75) is 25.4 Å². The molecule has 1 saturated heterocycles. The van der Waals surface area contributed by atoms with Crippen molar-refractivity contribution < 1.29 is 9.47 Å². The minimum Gasteiger partial charge on any atom is -0.497 e. The standard InChI is InChI=1S/C12H15N3O2/c1-16-9-4-5-15-12(8-9)13-11(14-15)7-10-3-2-6-17-10/h4-5,8,10H,2-3,6-7H2,1H3. The van der Waals surface area contributed by atoms with Crippen LogP contribution in [-0.2, 0) is 11.2 Å². The first-order valence-electron chi connectivity index (χ1n) is 5.86. The Balaban J connectivity index is 1.85. The second-order valence-electron chi connectivity index (χ2n) is 4.24. The summed E-state index contributed by atoms with van der Waals surface area (Å²) in [6.07, 6.45) is 5.20. The van der Waals surface area contributed by atoms with Crippen molar-refractivity contribution in [3.8, 4) is 5.75 Å². The van der Waals surface area contributed by atoms with Gasteiger partial charge in [0.05, 0.1) is 13.2 Å². The Bertz CT molecular complexity index is 517. The fraction of sp³-hybridized carbons (Fsp3) is 0.500. The first-order chi connectivity index (χ1) is 8.35. The molecule has 1 fully saturated rings. The van der Waals surface area contributed by atoms with Crippen molar-refractivity contribution >= 4 is 5.65 Å². The fourth-order valence-electron chi connectivity index (χ4n) is 2.13. The average molecular weight is 233 g/mol. The Kier molecular flexibility index (Phi) is 2.68. The molecular weight excluding hydrogens is 218 g/mol. The third kappa shape index (κ3) is 2.10. The number of rotatable bonds is 3. The van der Waals surface area contributed by atoms with Gasteiger partial charge in [0.15, 0.2) is 11.5 Å². The molecule has 0 aliphatic carbocycles. The number of aromatic nitrogens is 3. The van der Waals surface area contributed by atoms with Crippen LogP contribution in [0.3, 0.4) is 0 Å². The number of hydrogen-bond donors (Lipinski definition) is 0. The molecule has 0 aromatic carbocycles. The molecule has 0 radical (unpaired) electrons. The molecule has 2 aromatic heterocycles. The smallest absolute Gasteiger partial charge is 0.159 e. The van der Waals surface area contributed by atoms with E-state index in [0.717, 1.165) is 43.1 Å². The lowest BCUT2D eigenvalue weighted by atomic mass is 10.2. The van der Waals surface area contributed by atoms with Gasteiger partial charge >= 0.3 is 0 Å². The van der Waals surface area contributed by atoms with E-state index in [-0.39, 0.29) is 6.10 Å². The summed E-state index contributed by atoms with van der Waals surface area (Å²) < 4.78 is 12.5. The highest BCUT2D eigenvalue weighted by Gasteiger charge is 2.18. The van der Waals surface area contributed by atoms with E-state index in [4.69, 9.17) is 9.47 Å². The maximum Gasteiger partial charge on any atom is 0.159 e. The van der Waals surface area contributed by atoms with E-state index in [1.807, 2.05) is 18.3 Å². The molecule has 0 saturated carbocycles. The van der Waals surface area contributed by atoms with E-state index in [9.17, 15) is 0 Å². The molecule has 0 N–H and O–H groups in total. The molecule has 5 nitrogen and oxygen atoms in total. The van der Waals surface area contributed by atoms with Gasteiger partial charge in [-0.3, -0.25) is 0 Å². The summed E-state index contributed by atoms with van der Waals surface area (Å²) in [5.74, 6) is 1.64. The maximum absolute atomic E-state index is 5.58. The lowest BCUT2D eigenvalue weighted by molar-refractivity contribution is 0.110. The number of nitrogens with zero attached hydrogens (tertiary/aromatic N) is 3. The van der Waals surface area contributed by atoms with Crippen LogP contribution in [-0.4, -0.2) is 34.4 Å². The molecule has 1 aliphatic heterocycles. The van der Waals surface area contributed by atoms with E-state index in [1.165, 1.54) is 0 Å². The van der Waals surface area contributed by atoms with Crippen molar-refractivity contribution in [2.24, 2.45) is 0 Å². The van der Waals surface area contributed by atoms with E-state index >= 15 is 0 Å². The Hall–Kier alpha value is -1.62. The minimum absolute atomic E-state index is 0.286. The number of pyridine rings is 1. The highest BCUT2D eigenvalue weighted by atomic mass is 16.5. The highest BCUT2D eigenvalue weighted by Crippen LogP contribution is 2.17. The van der Waals surface area contributed by atoms with Crippen molar-refractivity contribution in [1.29, 1.82) is 0 Å². The zero-order valence-electron chi connectivity index (χ0n) is 9.80. The summed E-state index contributed by atoms with van der Waals surface area (Å²) in [4.78, 5) is 4.48. The molecule has 0 amide bonds. The summed E-state index contributed by atoms with van der Waals surface area (Å²) in [7, 11) is 1.65. The lowest BCUT2D eigenvalue weighted by Gasteiger charge is -2.04. The Morgan fingerprint density at radius 2 is 2.53 bits per heavy atom. The zero-order chi connectivity index (χ0) is 11.7. The van der Waals surface area contributed by atoms with E-state index in [1.54, 1.807) is 11.6 Å². The molecule has 0 bridgehead atoms. The van der Waals surface area contributed by atoms with Crippen LogP contribution in [0.25, 0.3) is 5.65 Å². The Labute approximate surface area is 99.4 Å². The van der Waals surface area contributed by atoms with Crippen LogP contribution in [0, 0.1) is 0 Å². The first kappa shape index (κ1) is 10.5. The van der Waals surface area contributed by atoms with Crippen LogP contribution in [0.15, 0.2) is 18.3 Å². The van der Waals surface area contributed by atoms with Crippen LogP contribution < -0.4 is 4.74 Å². The predicted molar refractivity (Wildman–Crippen MR) is 62.2 cm³/mol. The highest BCUT2D eigenvalue weighted by molar-refractivity contribution is 5.43. The van der Waals surface area contributed by atoms with Gasteiger partial charge in [-0.05, 0) is 18.9 Å². The molecule has 5 heteroatoms. The Morgan fingerprint density at radius 1 is 1.59 bits per heavy atom. The molecule has 90 valence electrons. The average Bonchev–Trinajstić information content (AvgIpc) is 2.96. The minimum atomic E-state index is 0.286. The normalized spacial score (nSPS) is 19.9. The molecule has 3 rings (SSSR count). The van der Waals surface area contributed by atoms with Gasteiger partial charge < -0.3 is 9.47 Å². The molecular formula is C12H15N3O2. The van der Waals surface area contributed by atoms with Crippen LogP contribution in [0.2, 0.25) is 0 Å². The van der Waals surface area contributed by atoms with Crippen LogP contribution in [0.4, 0.5) is 0 Å². The summed E-state index contributed by atoms with van der Waals surface area (Å²) in [5, 5.41) is 4.42. The van der Waals surface area contributed by atoms with E-state index in [2.05, 4.69) is 10.1 Å². The maximum atomic E-state index is 5.58. The van der Waals surface area contributed by atoms with Gasteiger partial charge in [0.1, 0.15) is 5.75 Å². The Morgan fingerprint density at radius 3 is 3.29 bits per heavy atom. The van der Waals surface area contributed by atoms with Crippen LogP contribution >= 0.6 is 0 Å². The molecule has 3 heterocycles. The predicted octanol–water partition coefficient (Wildman–Crippen LogP) is 1.46. The topological polar surface area (TPSA) is 48.7 Å². The SMILES string of the molecule is COc1ccn2nc(CC3CCCO3)nc2c1. The van der Waals surface area contributed by atoms with Gasteiger partial charge in [-0.15, -0.1) is 0 Å². The van der Waals surface area contributed by atoms with Gasteiger partial charge in [0.2, 0.25) is 0 Å². The number of hydrogen-bond acceptors (Lipinski definition) is 4. The number of ether oxygens (including phenoxy) is 2. The largest absolute Gasteiger partial charge is 0.497 e. The number of fused-ring (bicyclic) bond motifs is 1. The van der Waals surface area contributed by atoms with E-state index in [0.29, 0.717) is 0 Å². The van der Waals surface area contributed by atoms with Crippen molar-refractivity contribution in [3.05, 3.63) is 24.2 Å². The molecule has 0 spiro atoms. The monoisotopic (exact) mass is 233 g/mol. The van der Waals surface area contributed by atoms with Gasteiger partial charge in [0, 0.05) is 25.3 Å². The summed E-state index contributed by atoms with van der Waals surface area (Å²) in [5.41, 5.74) is 0.817. The second kappa shape index (κ2) is 4.33. The zero-order valence-corrected chi connectivity index (χ0v) is 9.80. The molecule has 17 heavy (non-hydrogen) atoms. The number of methoxy groups -OCH3 is 1. The second-order valence-corrected chi connectivity index (χ2v) is 4.24. The molecule has 1 unspecified atom stereocenters. The van der Waals surface area contributed by atoms with Gasteiger partial charge in [-0.2, -0.15) is 5.10 Å². The third-order valence-electron chi connectivity index (χ3n) is 3.02. The lowest BCUT2D eigenvalue weighted by Crippen LogP contribution is -2.10. The molecule has 2 aromatic rings. The summed E-state index contributed by atoms with van der Waals surface area (Å²) in [6, 6.07) is 3.75. The van der Waals surface area contributed by atoms with Crippen molar-refractivity contribution in [3.63, 3.8) is 0 Å². The molecule has 1 atom stereocenters. The summed E-state index contributed by atoms with van der Waals surface area (Å²) >= 11 is 0. The quantitative estimate of drug-likeness (QED) is 0.805. The van der Waals surface area contributed by atoms with Gasteiger partial charge in [0.25, 0.3) is 0 Å². The van der Waals surface area contributed by atoms with Crippen LogP contribution in [0.5, 0.6) is 5.75 Å². The first-order valence-corrected chi connectivity index (χ1v) is 5.86. The third-order valence-corrected chi connectivity index (χ3v) is 3.02. The van der Waals surface area contributed by atoms with Gasteiger partial charge in [-0.1, -0.05) is 0 Å². The fourth-order valence-corrected chi connectivity index (χ4v) is 2.13.